The summed E-state index contributed by atoms with van der Waals surface area (Å²) in [5.41, 5.74) is 2.87. The number of hydrogen-bond donors (Lipinski definition) is 1. The molecular formula is C19H31NO. The molecule has 1 aromatic rings. The number of benzene rings is 1. The van der Waals surface area contributed by atoms with E-state index in [4.69, 9.17) is 4.74 Å². The molecule has 0 radical (unpaired) electrons. The maximum Gasteiger partial charge on any atom is 0.0837 e. The Bertz CT molecular complexity index is 418. The predicted octanol–water partition coefficient (Wildman–Crippen LogP) is 4.29. The van der Waals surface area contributed by atoms with Crippen LogP contribution in [0.5, 0.6) is 0 Å². The van der Waals surface area contributed by atoms with Crippen LogP contribution in [-0.2, 0) is 11.2 Å². The number of nitrogens with one attached hydrogen (secondary N) is 1. The summed E-state index contributed by atoms with van der Waals surface area (Å²) >= 11 is 0. The molecule has 0 bridgehead atoms. The smallest absolute Gasteiger partial charge is 0.0837 e. The summed E-state index contributed by atoms with van der Waals surface area (Å²) in [6, 6.07) is 9.52. The third kappa shape index (κ3) is 3.87. The van der Waals surface area contributed by atoms with Crippen LogP contribution >= 0.6 is 0 Å². The maximum absolute atomic E-state index is 6.22. The van der Waals surface area contributed by atoms with Crippen LogP contribution in [0.25, 0.3) is 0 Å². The lowest BCUT2D eigenvalue weighted by Gasteiger charge is -2.37. The summed E-state index contributed by atoms with van der Waals surface area (Å²) in [5.74, 6) is 0.601. The first-order valence-corrected chi connectivity index (χ1v) is 8.51. The Morgan fingerprint density at radius 1 is 1.14 bits per heavy atom. The van der Waals surface area contributed by atoms with Crippen LogP contribution in [0.3, 0.4) is 0 Å². The van der Waals surface area contributed by atoms with E-state index in [1.807, 2.05) is 0 Å². The lowest BCUT2D eigenvalue weighted by atomic mass is 9.87. The van der Waals surface area contributed by atoms with E-state index in [2.05, 4.69) is 57.4 Å². The molecule has 1 aromatic carbocycles. The van der Waals surface area contributed by atoms with Crippen LogP contribution in [-0.4, -0.2) is 25.3 Å². The maximum atomic E-state index is 6.22. The molecule has 1 unspecified atom stereocenters. The zero-order chi connectivity index (χ0) is 15.3. The van der Waals surface area contributed by atoms with E-state index in [-0.39, 0.29) is 5.60 Å². The third-order valence-corrected chi connectivity index (χ3v) is 4.95. The Hall–Kier alpha value is -0.860. The summed E-state index contributed by atoms with van der Waals surface area (Å²) in [7, 11) is 2.08. The second-order valence-electron chi connectivity index (χ2n) is 6.65. The Balaban J connectivity index is 2.10. The molecule has 1 aliphatic carbocycles. The normalized spacial score (nSPS) is 19.1. The Morgan fingerprint density at radius 3 is 2.24 bits per heavy atom. The molecule has 2 heteroatoms. The Kier molecular flexibility index (Phi) is 5.83. The highest BCUT2D eigenvalue weighted by Gasteiger charge is 2.41. The van der Waals surface area contributed by atoms with E-state index in [0.29, 0.717) is 12.0 Å². The highest BCUT2D eigenvalue weighted by molar-refractivity contribution is 5.26. The molecule has 0 aliphatic heterocycles. The van der Waals surface area contributed by atoms with E-state index in [0.717, 1.165) is 13.0 Å². The highest BCUT2D eigenvalue weighted by Crippen LogP contribution is 2.37. The van der Waals surface area contributed by atoms with Crippen molar-refractivity contribution in [2.75, 3.05) is 13.7 Å². The molecule has 1 atom stereocenters. The van der Waals surface area contributed by atoms with E-state index in [1.165, 1.54) is 36.8 Å². The fraction of sp³-hybridized carbons (Fsp3) is 0.684. The molecule has 1 fully saturated rings. The van der Waals surface area contributed by atoms with Crippen molar-refractivity contribution in [2.24, 2.45) is 0 Å². The van der Waals surface area contributed by atoms with Gasteiger partial charge in [-0.2, -0.15) is 0 Å². The first-order chi connectivity index (χ1) is 10.1. The van der Waals surface area contributed by atoms with Gasteiger partial charge in [0.1, 0.15) is 0 Å². The molecule has 0 aromatic heterocycles. The third-order valence-electron chi connectivity index (χ3n) is 4.95. The minimum absolute atomic E-state index is 0.0419. The van der Waals surface area contributed by atoms with E-state index >= 15 is 0 Å². The Labute approximate surface area is 130 Å². The number of rotatable bonds is 7. The average molecular weight is 289 g/mol. The fourth-order valence-corrected chi connectivity index (χ4v) is 3.68. The van der Waals surface area contributed by atoms with Crippen LogP contribution < -0.4 is 5.32 Å². The molecule has 0 saturated heterocycles. The summed E-state index contributed by atoms with van der Waals surface area (Å²) in [6.07, 6.45) is 6.02. The van der Waals surface area contributed by atoms with Crippen molar-refractivity contribution in [3.8, 4) is 0 Å². The summed E-state index contributed by atoms with van der Waals surface area (Å²) < 4.78 is 6.22. The lowest BCUT2D eigenvalue weighted by Crippen LogP contribution is -2.51. The average Bonchev–Trinajstić information content (AvgIpc) is 2.95. The molecule has 0 amide bonds. The summed E-state index contributed by atoms with van der Waals surface area (Å²) in [4.78, 5) is 0. The van der Waals surface area contributed by atoms with Gasteiger partial charge in [-0.3, -0.25) is 0 Å². The van der Waals surface area contributed by atoms with Gasteiger partial charge in [0.05, 0.1) is 5.60 Å². The van der Waals surface area contributed by atoms with Gasteiger partial charge in [-0.05, 0) is 50.3 Å². The molecule has 1 saturated carbocycles. The van der Waals surface area contributed by atoms with Crippen LogP contribution in [0.15, 0.2) is 24.3 Å². The molecule has 1 aliphatic rings. The van der Waals surface area contributed by atoms with Crippen molar-refractivity contribution >= 4 is 0 Å². The molecule has 1 N–H and O–H groups in total. The molecule has 2 nitrogen and oxygen atoms in total. The van der Waals surface area contributed by atoms with Gasteiger partial charge in [0.25, 0.3) is 0 Å². The van der Waals surface area contributed by atoms with Gasteiger partial charge in [0.2, 0.25) is 0 Å². The van der Waals surface area contributed by atoms with Gasteiger partial charge >= 0.3 is 0 Å². The van der Waals surface area contributed by atoms with Crippen molar-refractivity contribution in [1.29, 1.82) is 0 Å². The first kappa shape index (κ1) is 16.5. The number of hydrogen-bond acceptors (Lipinski definition) is 2. The molecule has 0 heterocycles. The molecule has 2 rings (SSSR count). The first-order valence-electron chi connectivity index (χ1n) is 8.51. The minimum atomic E-state index is 0.0419. The van der Waals surface area contributed by atoms with Crippen molar-refractivity contribution in [2.45, 2.75) is 70.4 Å². The SMILES string of the molecule is CCOC1(C(Cc2ccc(C(C)C)cc2)NC)CCCC1. The number of ether oxygens (including phenoxy) is 1. The second kappa shape index (κ2) is 7.42. The van der Waals surface area contributed by atoms with E-state index in [1.54, 1.807) is 0 Å². The van der Waals surface area contributed by atoms with E-state index in [9.17, 15) is 0 Å². The monoisotopic (exact) mass is 289 g/mol. The zero-order valence-electron chi connectivity index (χ0n) is 14.1. The quantitative estimate of drug-likeness (QED) is 0.808. The van der Waals surface area contributed by atoms with Crippen molar-refractivity contribution in [3.05, 3.63) is 35.4 Å². The van der Waals surface area contributed by atoms with Gasteiger partial charge in [-0.25, -0.2) is 0 Å². The van der Waals surface area contributed by atoms with Crippen molar-refractivity contribution in [3.63, 3.8) is 0 Å². The summed E-state index contributed by atoms with van der Waals surface area (Å²) in [6.45, 7) is 7.41. The van der Waals surface area contributed by atoms with Crippen molar-refractivity contribution in [1.82, 2.24) is 5.32 Å². The van der Waals surface area contributed by atoms with Gasteiger partial charge < -0.3 is 10.1 Å². The minimum Gasteiger partial charge on any atom is -0.374 e. The van der Waals surface area contributed by atoms with E-state index < -0.39 is 0 Å². The van der Waals surface area contributed by atoms with Gasteiger partial charge in [0.15, 0.2) is 0 Å². The van der Waals surface area contributed by atoms with Crippen LogP contribution in [0.1, 0.15) is 63.5 Å². The number of likely N-dealkylation sites (N-methyl/N-ethyl adjacent to an activating group) is 1. The van der Waals surface area contributed by atoms with Crippen LogP contribution in [0.4, 0.5) is 0 Å². The molecule has 118 valence electrons. The standard InChI is InChI=1S/C19H31NO/c1-5-21-19(12-6-7-13-19)18(20-4)14-16-8-10-17(11-9-16)15(2)3/h8-11,15,18,20H,5-7,12-14H2,1-4H3. The van der Waals surface area contributed by atoms with Gasteiger partial charge in [-0.1, -0.05) is 51.0 Å². The molecular weight excluding hydrogens is 258 g/mol. The van der Waals surface area contributed by atoms with Crippen LogP contribution in [0.2, 0.25) is 0 Å². The van der Waals surface area contributed by atoms with Crippen LogP contribution in [0, 0.1) is 0 Å². The topological polar surface area (TPSA) is 21.3 Å². The Morgan fingerprint density at radius 2 is 1.76 bits per heavy atom. The lowest BCUT2D eigenvalue weighted by molar-refractivity contribution is -0.0597. The van der Waals surface area contributed by atoms with Gasteiger partial charge in [0, 0.05) is 12.6 Å². The zero-order valence-corrected chi connectivity index (χ0v) is 14.1. The molecule has 0 spiro atoms. The second-order valence-corrected chi connectivity index (χ2v) is 6.65. The predicted molar refractivity (Wildman–Crippen MR) is 89.9 cm³/mol. The fourth-order valence-electron chi connectivity index (χ4n) is 3.68. The summed E-state index contributed by atoms with van der Waals surface area (Å²) in [5, 5.41) is 3.53. The van der Waals surface area contributed by atoms with Gasteiger partial charge in [-0.15, -0.1) is 0 Å². The molecule has 21 heavy (non-hydrogen) atoms. The van der Waals surface area contributed by atoms with Crippen molar-refractivity contribution < 1.29 is 4.74 Å². The highest BCUT2D eigenvalue weighted by atomic mass is 16.5. The largest absolute Gasteiger partial charge is 0.374 e.